The number of H-pyrrole nitrogens is 1. The molecule has 2 aromatic rings. The van der Waals surface area contributed by atoms with E-state index in [0.29, 0.717) is 10.7 Å². The van der Waals surface area contributed by atoms with Crippen LogP contribution in [0.4, 0.5) is 0 Å². The molecular weight excluding hydrogens is 249 g/mol. The third-order valence-electron chi connectivity index (χ3n) is 2.25. The summed E-state index contributed by atoms with van der Waals surface area (Å²) >= 11 is 11.6. The molecule has 0 fully saturated rings. The van der Waals surface area contributed by atoms with Gasteiger partial charge >= 0.3 is 0 Å². The van der Waals surface area contributed by atoms with E-state index in [1.54, 1.807) is 6.07 Å². The summed E-state index contributed by atoms with van der Waals surface area (Å²) in [6.07, 6.45) is 2.44. The summed E-state index contributed by atoms with van der Waals surface area (Å²) in [5, 5.41) is 9.36. The van der Waals surface area contributed by atoms with Crippen molar-refractivity contribution in [2.75, 3.05) is 6.61 Å². The molecular formula is C10H11Cl2N3O. The zero-order valence-electron chi connectivity index (χ0n) is 8.50. The topological polar surface area (TPSA) is 61.8 Å². The lowest BCUT2D eigenvalue weighted by atomic mass is 10.2. The lowest BCUT2D eigenvalue weighted by molar-refractivity contribution is 0.284. The summed E-state index contributed by atoms with van der Waals surface area (Å²) in [6, 6.07) is 1.72. The molecule has 0 saturated heterocycles. The number of fused-ring (bicyclic) bond motifs is 1. The lowest BCUT2D eigenvalue weighted by Crippen LogP contribution is -1.90. The Morgan fingerprint density at radius 2 is 2.06 bits per heavy atom. The molecule has 0 atom stereocenters. The van der Waals surface area contributed by atoms with Crippen molar-refractivity contribution in [2.24, 2.45) is 0 Å². The highest BCUT2D eigenvalue weighted by molar-refractivity contribution is 6.41. The van der Waals surface area contributed by atoms with E-state index in [4.69, 9.17) is 28.3 Å². The Hall–Kier alpha value is -0.840. The first-order valence-corrected chi connectivity index (χ1v) is 5.78. The number of aryl methyl sites for hydroxylation is 1. The van der Waals surface area contributed by atoms with E-state index in [1.807, 2.05) is 0 Å². The van der Waals surface area contributed by atoms with Crippen molar-refractivity contribution in [3.05, 3.63) is 22.1 Å². The van der Waals surface area contributed by atoms with Crippen molar-refractivity contribution < 1.29 is 5.11 Å². The first kappa shape index (κ1) is 11.6. The van der Waals surface area contributed by atoms with Crippen molar-refractivity contribution in [1.82, 2.24) is 15.0 Å². The number of aromatic nitrogens is 3. The maximum absolute atomic E-state index is 8.68. The smallest absolute Gasteiger partial charge is 0.179 e. The van der Waals surface area contributed by atoms with Gasteiger partial charge in [-0.05, 0) is 18.9 Å². The number of halogens is 2. The SMILES string of the molecule is OCCCCc1nc2nc(Cl)c(Cl)cc2[nH]1. The minimum absolute atomic E-state index is 0.204. The maximum atomic E-state index is 8.68. The third kappa shape index (κ3) is 2.45. The van der Waals surface area contributed by atoms with Crippen LogP contribution in [0.5, 0.6) is 0 Å². The van der Waals surface area contributed by atoms with Gasteiger partial charge in [-0.3, -0.25) is 0 Å². The maximum Gasteiger partial charge on any atom is 0.179 e. The number of unbranched alkanes of at least 4 members (excludes halogenated alkanes) is 1. The highest BCUT2D eigenvalue weighted by atomic mass is 35.5. The molecule has 6 heteroatoms. The van der Waals surface area contributed by atoms with Crippen LogP contribution in [0.3, 0.4) is 0 Å². The van der Waals surface area contributed by atoms with E-state index >= 15 is 0 Å². The lowest BCUT2D eigenvalue weighted by Gasteiger charge is -1.93. The van der Waals surface area contributed by atoms with Gasteiger partial charge in [0.1, 0.15) is 11.0 Å². The van der Waals surface area contributed by atoms with Gasteiger partial charge in [-0.25, -0.2) is 9.97 Å². The fourth-order valence-electron chi connectivity index (χ4n) is 1.47. The number of hydrogen-bond donors (Lipinski definition) is 2. The third-order valence-corrected chi connectivity index (χ3v) is 2.93. The van der Waals surface area contributed by atoms with Crippen LogP contribution < -0.4 is 0 Å². The summed E-state index contributed by atoms with van der Waals surface area (Å²) in [6.45, 7) is 0.204. The molecule has 16 heavy (non-hydrogen) atoms. The summed E-state index contributed by atoms with van der Waals surface area (Å²) in [4.78, 5) is 11.5. The average molecular weight is 260 g/mol. The Balaban J connectivity index is 2.23. The molecule has 0 aliphatic heterocycles. The molecule has 4 nitrogen and oxygen atoms in total. The van der Waals surface area contributed by atoms with Gasteiger partial charge in [0.2, 0.25) is 0 Å². The Morgan fingerprint density at radius 1 is 1.25 bits per heavy atom. The molecule has 0 saturated carbocycles. The van der Waals surface area contributed by atoms with Crippen LogP contribution in [0.15, 0.2) is 6.07 Å². The fourth-order valence-corrected chi connectivity index (χ4v) is 1.75. The largest absolute Gasteiger partial charge is 0.396 e. The number of pyridine rings is 1. The first-order valence-electron chi connectivity index (χ1n) is 5.02. The number of imidazole rings is 1. The first-order chi connectivity index (χ1) is 7.70. The molecule has 0 bridgehead atoms. The highest BCUT2D eigenvalue weighted by Crippen LogP contribution is 2.23. The van der Waals surface area contributed by atoms with Gasteiger partial charge in [0.05, 0.1) is 10.5 Å². The van der Waals surface area contributed by atoms with Gasteiger partial charge in [-0.2, -0.15) is 0 Å². The van der Waals surface area contributed by atoms with Crippen LogP contribution in [0, 0.1) is 0 Å². The second kappa shape index (κ2) is 4.99. The zero-order chi connectivity index (χ0) is 11.5. The summed E-state index contributed by atoms with van der Waals surface area (Å²) in [5.41, 5.74) is 1.36. The predicted molar refractivity (Wildman–Crippen MR) is 63.9 cm³/mol. The molecule has 0 amide bonds. The van der Waals surface area contributed by atoms with Gasteiger partial charge in [0.15, 0.2) is 5.65 Å². The molecule has 0 aliphatic carbocycles. The number of hydrogen-bond acceptors (Lipinski definition) is 3. The second-order valence-electron chi connectivity index (χ2n) is 3.50. The zero-order valence-corrected chi connectivity index (χ0v) is 10.0. The van der Waals surface area contributed by atoms with Gasteiger partial charge in [0.25, 0.3) is 0 Å². The van der Waals surface area contributed by atoms with E-state index in [2.05, 4.69) is 15.0 Å². The summed E-state index contributed by atoms with van der Waals surface area (Å²) in [5.74, 6) is 0.842. The highest BCUT2D eigenvalue weighted by Gasteiger charge is 2.07. The minimum Gasteiger partial charge on any atom is -0.396 e. The standard InChI is InChI=1S/C10H11Cl2N3O/c11-6-5-7-10(15-9(6)12)14-8(13-7)3-1-2-4-16/h5,16H,1-4H2,(H,13,14,15). The molecule has 0 spiro atoms. The van der Waals surface area contributed by atoms with E-state index in [1.165, 1.54) is 0 Å². The van der Waals surface area contributed by atoms with Crippen molar-refractivity contribution in [1.29, 1.82) is 0 Å². The summed E-state index contributed by atoms with van der Waals surface area (Å²) in [7, 11) is 0. The van der Waals surface area contributed by atoms with Crippen molar-refractivity contribution in [2.45, 2.75) is 19.3 Å². The van der Waals surface area contributed by atoms with Crippen LogP contribution in [-0.2, 0) is 6.42 Å². The van der Waals surface area contributed by atoms with E-state index in [0.717, 1.165) is 30.6 Å². The Bertz CT molecular complexity index is 459. The molecule has 0 radical (unpaired) electrons. The van der Waals surface area contributed by atoms with Gasteiger partial charge in [-0.1, -0.05) is 23.2 Å². The van der Waals surface area contributed by atoms with Crippen LogP contribution >= 0.6 is 23.2 Å². The molecule has 0 aromatic carbocycles. The number of nitrogens with one attached hydrogen (secondary N) is 1. The molecule has 2 aromatic heterocycles. The number of aliphatic hydroxyl groups is 1. The summed E-state index contributed by atoms with van der Waals surface area (Å²) < 4.78 is 0. The van der Waals surface area contributed by atoms with Crippen LogP contribution in [0.2, 0.25) is 10.2 Å². The van der Waals surface area contributed by atoms with E-state index in [9.17, 15) is 0 Å². The van der Waals surface area contributed by atoms with Crippen LogP contribution in [-0.4, -0.2) is 26.7 Å². The molecule has 0 aliphatic rings. The van der Waals surface area contributed by atoms with E-state index < -0.39 is 0 Å². The molecule has 86 valence electrons. The predicted octanol–water partition coefficient (Wildman–Crippen LogP) is 2.58. The number of nitrogens with zero attached hydrogens (tertiary/aromatic N) is 2. The monoisotopic (exact) mass is 259 g/mol. The number of rotatable bonds is 4. The normalized spacial score (nSPS) is 11.2. The van der Waals surface area contributed by atoms with Gasteiger partial charge in [0, 0.05) is 13.0 Å². The van der Waals surface area contributed by atoms with E-state index in [-0.39, 0.29) is 11.8 Å². The van der Waals surface area contributed by atoms with Gasteiger partial charge < -0.3 is 10.1 Å². The fraction of sp³-hybridized carbons (Fsp3) is 0.400. The quantitative estimate of drug-likeness (QED) is 0.656. The Kier molecular flexibility index (Phi) is 3.63. The molecule has 2 heterocycles. The molecule has 2 N–H and O–H groups in total. The van der Waals surface area contributed by atoms with Crippen LogP contribution in [0.25, 0.3) is 11.2 Å². The Labute approximate surface area is 103 Å². The van der Waals surface area contributed by atoms with Crippen molar-refractivity contribution >= 4 is 34.4 Å². The number of aromatic amines is 1. The van der Waals surface area contributed by atoms with Crippen LogP contribution in [0.1, 0.15) is 18.7 Å². The minimum atomic E-state index is 0.204. The second-order valence-corrected chi connectivity index (χ2v) is 4.26. The molecule has 2 rings (SSSR count). The Morgan fingerprint density at radius 3 is 2.81 bits per heavy atom. The van der Waals surface area contributed by atoms with Gasteiger partial charge in [-0.15, -0.1) is 0 Å². The van der Waals surface area contributed by atoms with Crippen molar-refractivity contribution in [3.8, 4) is 0 Å². The molecule has 0 unspecified atom stereocenters. The number of aliphatic hydroxyl groups excluding tert-OH is 1. The average Bonchev–Trinajstić information content (AvgIpc) is 2.61. The van der Waals surface area contributed by atoms with Crippen molar-refractivity contribution in [3.63, 3.8) is 0 Å².